The number of benzene rings is 1. The van der Waals surface area contributed by atoms with Crippen LogP contribution in [0.1, 0.15) is 18.9 Å². The summed E-state index contributed by atoms with van der Waals surface area (Å²) in [6.07, 6.45) is 0.515. The molecule has 106 valence electrons. The molecular weight excluding hydrogens is 248 g/mol. The van der Waals surface area contributed by atoms with Crippen molar-refractivity contribution in [3.8, 4) is 0 Å². The number of para-hydroxylation sites is 1. The molecule has 0 aliphatic heterocycles. The summed E-state index contributed by atoms with van der Waals surface area (Å²) in [5, 5.41) is 23.2. The molecule has 0 bridgehead atoms. The van der Waals surface area contributed by atoms with Gasteiger partial charge in [-0.25, -0.2) is 0 Å². The number of nitro benzene ring substituents is 1. The highest BCUT2D eigenvalue weighted by Gasteiger charge is 2.24. The molecule has 0 heterocycles. The van der Waals surface area contributed by atoms with Gasteiger partial charge in [-0.15, -0.1) is 0 Å². The van der Waals surface area contributed by atoms with Crippen LogP contribution in [0.2, 0.25) is 0 Å². The van der Waals surface area contributed by atoms with Crippen molar-refractivity contribution in [2.75, 3.05) is 20.3 Å². The number of aliphatic hydroxyl groups is 1. The number of aliphatic hydroxyl groups excluding tert-OH is 1. The van der Waals surface area contributed by atoms with E-state index in [1.54, 1.807) is 25.3 Å². The standard InChI is InChI=1S/C13H20N2O4/c1-13(7-8-16,10-19-2)14-9-11-5-3-4-6-12(11)15(17)18/h3-6,14,16H,7-10H2,1-2H3. The molecule has 6 nitrogen and oxygen atoms in total. The molecule has 1 unspecified atom stereocenters. The lowest BCUT2D eigenvalue weighted by Gasteiger charge is -2.29. The highest BCUT2D eigenvalue weighted by atomic mass is 16.6. The number of ether oxygens (including phenoxy) is 1. The maximum atomic E-state index is 10.9. The highest BCUT2D eigenvalue weighted by Crippen LogP contribution is 2.19. The lowest BCUT2D eigenvalue weighted by molar-refractivity contribution is -0.385. The lowest BCUT2D eigenvalue weighted by Crippen LogP contribution is -2.46. The molecule has 1 aromatic carbocycles. The van der Waals surface area contributed by atoms with Gasteiger partial charge in [-0.1, -0.05) is 18.2 Å². The summed E-state index contributed by atoms with van der Waals surface area (Å²) >= 11 is 0. The summed E-state index contributed by atoms with van der Waals surface area (Å²) in [7, 11) is 1.59. The molecule has 19 heavy (non-hydrogen) atoms. The van der Waals surface area contributed by atoms with E-state index >= 15 is 0 Å². The molecule has 0 aliphatic carbocycles. The van der Waals surface area contributed by atoms with Crippen LogP contribution in [0.3, 0.4) is 0 Å². The molecule has 0 fully saturated rings. The van der Waals surface area contributed by atoms with E-state index in [1.807, 2.05) is 6.92 Å². The molecule has 0 amide bonds. The largest absolute Gasteiger partial charge is 0.396 e. The van der Waals surface area contributed by atoms with Gasteiger partial charge >= 0.3 is 0 Å². The quantitative estimate of drug-likeness (QED) is 0.551. The van der Waals surface area contributed by atoms with Gasteiger partial charge in [-0.3, -0.25) is 10.1 Å². The second-order valence-corrected chi connectivity index (χ2v) is 4.71. The SMILES string of the molecule is COCC(C)(CCO)NCc1ccccc1[N+](=O)[O-]. The average Bonchev–Trinajstić information content (AvgIpc) is 2.37. The van der Waals surface area contributed by atoms with Crippen LogP contribution in [-0.2, 0) is 11.3 Å². The molecule has 6 heteroatoms. The van der Waals surface area contributed by atoms with E-state index in [0.29, 0.717) is 25.1 Å². The van der Waals surface area contributed by atoms with Crippen molar-refractivity contribution in [3.05, 3.63) is 39.9 Å². The summed E-state index contributed by atoms with van der Waals surface area (Å²) in [6, 6.07) is 6.61. The van der Waals surface area contributed by atoms with Crippen molar-refractivity contribution in [1.29, 1.82) is 0 Å². The van der Waals surface area contributed by atoms with Gasteiger partial charge in [0.25, 0.3) is 5.69 Å². The summed E-state index contributed by atoms with van der Waals surface area (Å²) in [4.78, 5) is 10.5. The Morgan fingerprint density at radius 1 is 1.47 bits per heavy atom. The van der Waals surface area contributed by atoms with Crippen LogP contribution in [0, 0.1) is 10.1 Å². The smallest absolute Gasteiger partial charge is 0.273 e. The van der Waals surface area contributed by atoms with Gasteiger partial charge in [0.05, 0.1) is 11.5 Å². The van der Waals surface area contributed by atoms with E-state index in [-0.39, 0.29) is 12.3 Å². The molecular formula is C13H20N2O4. The van der Waals surface area contributed by atoms with Gasteiger partial charge in [0, 0.05) is 37.4 Å². The van der Waals surface area contributed by atoms with E-state index in [2.05, 4.69) is 5.32 Å². The average molecular weight is 268 g/mol. The second-order valence-electron chi connectivity index (χ2n) is 4.71. The van der Waals surface area contributed by atoms with Crippen molar-refractivity contribution >= 4 is 5.69 Å². The van der Waals surface area contributed by atoms with Crippen molar-refractivity contribution in [2.45, 2.75) is 25.4 Å². The zero-order valence-corrected chi connectivity index (χ0v) is 11.3. The fraction of sp³-hybridized carbons (Fsp3) is 0.538. The van der Waals surface area contributed by atoms with Crippen molar-refractivity contribution in [2.24, 2.45) is 0 Å². The van der Waals surface area contributed by atoms with Gasteiger partial charge in [0.1, 0.15) is 0 Å². The first-order valence-electron chi connectivity index (χ1n) is 6.09. The molecule has 0 saturated heterocycles. The third-order valence-electron chi connectivity index (χ3n) is 3.02. The Hall–Kier alpha value is -1.50. The van der Waals surface area contributed by atoms with Gasteiger partial charge in [-0.2, -0.15) is 0 Å². The minimum Gasteiger partial charge on any atom is -0.396 e. The van der Waals surface area contributed by atoms with Crippen molar-refractivity contribution in [3.63, 3.8) is 0 Å². The second kappa shape index (κ2) is 7.18. The Morgan fingerprint density at radius 2 is 2.16 bits per heavy atom. The maximum Gasteiger partial charge on any atom is 0.273 e. The van der Waals surface area contributed by atoms with Gasteiger partial charge in [0.15, 0.2) is 0 Å². The number of hydrogen-bond acceptors (Lipinski definition) is 5. The molecule has 2 N–H and O–H groups in total. The summed E-state index contributed by atoms with van der Waals surface area (Å²) in [5.41, 5.74) is 0.305. The van der Waals surface area contributed by atoms with E-state index in [4.69, 9.17) is 9.84 Å². The van der Waals surface area contributed by atoms with E-state index in [9.17, 15) is 10.1 Å². The zero-order chi connectivity index (χ0) is 14.3. The highest BCUT2D eigenvalue weighted by molar-refractivity contribution is 5.39. The van der Waals surface area contributed by atoms with Gasteiger partial charge < -0.3 is 15.2 Å². The van der Waals surface area contributed by atoms with E-state index in [1.165, 1.54) is 6.07 Å². The van der Waals surface area contributed by atoms with Crippen LogP contribution in [0.15, 0.2) is 24.3 Å². The first-order chi connectivity index (χ1) is 9.02. The van der Waals surface area contributed by atoms with Crippen molar-refractivity contribution in [1.82, 2.24) is 5.32 Å². The zero-order valence-electron chi connectivity index (χ0n) is 11.3. The first-order valence-corrected chi connectivity index (χ1v) is 6.09. The Morgan fingerprint density at radius 3 is 2.74 bits per heavy atom. The Labute approximate surface area is 112 Å². The molecule has 0 spiro atoms. The predicted molar refractivity (Wildman–Crippen MR) is 71.9 cm³/mol. The molecule has 0 aliphatic rings. The lowest BCUT2D eigenvalue weighted by atomic mass is 9.98. The van der Waals surface area contributed by atoms with Crippen LogP contribution in [-0.4, -0.2) is 35.9 Å². The number of nitrogens with zero attached hydrogens (tertiary/aromatic N) is 1. The van der Waals surface area contributed by atoms with Gasteiger partial charge in [-0.05, 0) is 13.3 Å². The first kappa shape index (κ1) is 15.6. The van der Waals surface area contributed by atoms with Crippen LogP contribution >= 0.6 is 0 Å². The number of methoxy groups -OCH3 is 1. The molecule has 0 saturated carbocycles. The summed E-state index contributed by atoms with van der Waals surface area (Å²) < 4.78 is 5.12. The predicted octanol–water partition coefficient (Wildman–Crippen LogP) is 1.47. The molecule has 1 atom stereocenters. The van der Waals surface area contributed by atoms with Crippen LogP contribution in [0.5, 0.6) is 0 Å². The van der Waals surface area contributed by atoms with Gasteiger partial charge in [0.2, 0.25) is 0 Å². The fourth-order valence-corrected chi connectivity index (χ4v) is 1.92. The van der Waals surface area contributed by atoms with Crippen LogP contribution in [0.4, 0.5) is 5.69 Å². The van der Waals surface area contributed by atoms with E-state index < -0.39 is 10.5 Å². The van der Waals surface area contributed by atoms with E-state index in [0.717, 1.165) is 0 Å². The number of rotatable bonds is 8. The topological polar surface area (TPSA) is 84.6 Å². The molecule has 1 aromatic rings. The Balaban J connectivity index is 2.77. The Kier molecular flexibility index (Phi) is 5.88. The summed E-state index contributed by atoms with van der Waals surface area (Å²) in [5.74, 6) is 0. The molecule has 1 rings (SSSR count). The minimum atomic E-state index is -0.410. The number of nitrogens with one attached hydrogen (secondary N) is 1. The van der Waals surface area contributed by atoms with Crippen LogP contribution < -0.4 is 5.32 Å². The maximum absolute atomic E-state index is 10.9. The fourth-order valence-electron chi connectivity index (χ4n) is 1.92. The Bertz CT molecular complexity index is 417. The molecule has 0 radical (unpaired) electrons. The van der Waals surface area contributed by atoms with Crippen molar-refractivity contribution < 1.29 is 14.8 Å². The third-order valence-corrected chi connectivity index (χ3v) is 3.02. The number of nitro groups is 1. The third kappa shape index (κ3) is 4.59. The number of hydrogen-bond donors (Lipinski definition) is 2. The minimum absolute atomic E-state index is 0.0315. The van der Waals surface area contributed by atoms with Crippen LogP contribution in [0.25, 0.3) is 0 Å². The normalized spacial score (nSPS) is 14.1. The molecule has 0 aromatic heterocycles. The monoisotopic (exact) mass is 268 g/mol. The summed E-state index contributed by atoms with van der Waals surface area (Å²) in [6.45, 7) is 2.73.